The number of hydrogen-bond acceptors (Lipinski definition) is 5. The molecule has 4 atom stereocenters. The topological polar surface area (TPSA) is 72.2 Å². The normalized spacial score (nSPS) is 20.9. The molecule has 0 aliphatic heterocycles. The van der Waals surface area contributed by atoms with Crippen molar-refractivity contribution in [3.63, 3.8) is 0 Å². The van der Waals surface area contributed by atoms with Gasteiger partial charge >= 0.3 is 0 Å². The highest BCUT2D eigenvalue weighted by Gasteiger charge is 2.33. The van der Waals surface area contributed by atoms with Crippen LogP contribution in [0.3, 0.4) is 0 Å². The average Bonchev–Trinajstić information content (AvgIpc) is 3.29. The first kappa shape index (κ1) is 18.9. The second-order valence-corrected chi connectivity index (χ2v) is 7.68. The minimum atomic E-state index is -0.397. The summed E-state index contributed by atoms with van der Waals surface area (Å²) in [7, 11) is 1.76. The molecule has 148 valence electrons. The molecule has 28 heavy (non-hydrogen) atoms. The van der Waals surface area contributed by atoms with Crippen molar-refractivity contribution in [2.24, 2.45) is 5.92 Å². The molecule has 6 nitrogen and oxygen atoms in total. The van der Waals surface area contributed by atoms with Gasteiger partial charge in [-0.2, -0.15) is 0 Å². The van der Waals surface area contributed by atoms with E-state index < -0.39 is 6.10 Å². The van der Waals surface area contributed by atoms with Gasteiger partial charge in [-0.15, -0.1) is 0 Å². The molecule has 1 unspecified atom stereocenters. The molecule has 0 bridgehead atoms. The molecule has 0 spiro atoms. The number of benzene rings is 1. The van der Waals surface area contributed by atoms with Crippen LogP contribution < -0.4 is 5.32 Å². The zero-order chi connectivity index (χ0) is 19.7. The van der Waals surface area contributed by atoms with Crippen molar-refractivity contribution in [1.29, 1.82) is 0 Å². The molecule has 0 radical (unpaired) electrons. The number of rotatable bonds is 7. The van der Waals surface area contributed by atoms with Gasteiger partial charge in [-0.3, -0.25) is 0 Å². The third kappa shape index (κ3) is 3.38. The summed E-state index contributed by atoms with van der Waals surface area (Å²) in [5.41, 5.74) is 3.40. The van der Waals surface area contributed by atoms with Gasteiger partial charge in [-0.25, -0.2) is 9.97 Å². The monoisotopic (exact) mass is 380 g/mol. The van der Waals surface area contributed by atoms with Gasteiger partial charge in [0.05, 0.1) is 30.2 Å². The summed E-state index contributed by atoms with van der Waals surface area (Å²) >= 11 is 0. The Bertz CT molecular complexity index is 955. The molecule has 0 amide bonds. The van der Waals surface area contributed by atoms with E-state index in [9.17, 15) is 5.11 Å². The van der Waals surface area contributed by atoms with E-state index in [-0.39, 0.29) is 18.1 Å². The Hall–Kier alpha value is -2.44. The fourth-order valence-electron chi connectivity index (χ4n) is 4.02. The van der Waals surface area contributed by atoms with E-state index in [4.69, 9.17) is 4.74 Å². The smallest absolute Gasteiger partial charge is 0.145 e. The van der Waals surface area contributed by atoms with Crippen LogP contribution in [-0.4, -0.2) is 39.0 Å². The van der Waals surface area contributed by atoms with Crippen LogP contribution in [-0.2, 0) is 17.7 Å². The maximum Gasteiger partial charge on any atom is 0.145 e. The third-order valence-corrected chi connectivity index (χ3v) is 6.02. The number of aliphatic hydroxyl groups is 1. The van der Waals surface area contributed by atoms with E-state index in [1.54, 1.807) is 13.4 Å². The molecule has 3 aromatic rings. The molecule has 2 heterocycles. The van der Waals surface area contributed by atoms with Crippen molar-refractivity contribution in [2.45, 2.75) is 51.5 Å². The van der Waals surface area contributed by atoms with E-state index in [0.29, 0.717) is 6.54 Å². The highest BCUT2D eigenvalue weighted by Crippen LogP contribution is 2.36. The van der Waals surface area contributed by atoms with Crippen LogP contribution in [0.2, 0.25) is 0 Å². The fraction of sp³-hybridized carbons (Fsp3) is 0.455. The van der Waals surface area contributed by atoms with Crippen LogP contribution in [0.15, 0.2) is 42.9 Å². The summed E-state index contributed by atoms with van der Waals surface area (Å²) in [6, 6.07) is 10.5. The van der Waals surface area contributed by atoms with Crippen LogP contribution in [0, 0.1) is 5.92 Å². The van der Waals surface area contributed by atoms with E-state index in [2.05, 4.69) is 53.4 Å². The summed E-state index contributed by atoms with van der Waals surface area (Å²) in [5.74, 6) is 1.04. The van der Waals surface area contributed by atoms with Crippen molar-refractivity contribution >= 4 is 16.9 Å². The summed E-state index contributed by atoms with van der Waals surface area (Å²) < 4.78 is 7.75. The molecule has 2 aromatic heterocycles. The Labute approximate surface area is 165 Å². The van der Waals surface area contributed by atoms with Crippen LogP contribution in [0.1, 0.15) is 37.4 Å². The van der Waals surface area contributed by atoms with Gasteiger partial charge in [0.15, 0.2) is 0 Å². The van der Waals surface area contributed by atoms with Gasteiger partial charge in [0, 0.05) is 19.7 Å². The molecule has 6 heteroatoms. The summed E-state index contributed by atoms with van der Waals surface area (Å²) in [5, 5.41) is 15.0. The standard InChI is InChI=1S/C22H28N4O2/c1-4-14(2)18(27)12-26-10-9-17-21(23-13-24-22(17)26)25-20-16-8-6-5-7-15(16)11-19(20)28-3/h5-10,13-14,18-20,27H,4,11-12H2,1-3H3,(H,23,24,25)/t14-,18+,19+,20?/m1/s1. The van der Waals surface area contributed by atoms with Crippen molar-refractivity contribution in [3.8, 4) is 0 Å². The fourth-order valence-corrected chi connectivity index (χ4v) is 4.02. The highest BCUT2D eigenvalue weighted by atomic mass is 16.5. The summed E-state index contributed by atoms with van der Waals surface area (Å²) in [6.45, 7) is 4.69. The van der Waals surface area contributed by atoms with Crippen molar-refractivity contribution in [1.82, 2.24) is 14.5 Å². The lowest BCUT2D eigenvalue weighted by Crippen LogP contribution is -2.24. The quantitative estimate of drug-likeness (QED) is 0.656. The second kappa shape index (κ2) is 7.89. The molecule has 2 N–H and O–H groups in total. The molecule has 0 fully saturated rings. The number of methoxy groups -OCH3 is 1. The number of fused-ring (bicyclic) bond motifs is 2. The van der Waals surface area contributed by atoms with Crippen LogP contribution in [0.25, 0.3) is 11.0 Å². The van der Waals surface area contributed by atoms with Gasteiger partial charge in [0.1, 0.15) is 17.8 Å². The molecular formula is C22H28N4O2. The second-order valence-electron chi connectivity index (χ2n) is 7.68. The number of hydrogen-bond donors (Lipinski definition) is 2. The van der Waals surface area contributed by atoms with E-state index in [1.165, 1.54) is 11.1 Å². The third-order valence-electron chi connectivity index (χ3n) is 6.02. The molecule has 1 aliphatic rings. The average molecular weight is 380 g/mol. The number of aromatic nitrogens is 3. The largest absolute Gasteiger partial charge is 0.391 e. The Kier molecular flexibility index (Phi) is 5.33. The van der Waals surface area contributed by atoms with Crippen molar-refractivity contribution in [2.75, 3.05) is 12.4 Å². The first-order chi connectivity index (χ1) is 13.6. The van der Waals surface area contributed by atoms with Gasteiger partial charge in [0.25, 0.3) is 0 Å². The lowest BCUT2D eigenvalue weighted by atomic mass is 10.0. The van der Waals surface area contributed by atoms with Crippen molar-refractivity contribution < 1.29 is 9.84 Å². The number of nitrogens with zero attached hydrogens (tertiary/aromatic N) is 3. The Morgan fingerprint density at radius 1 is 1.29 bits per heavy atom. The molecule has 0 saturated heterocycles. The zero-order valence-electron chi connectivity index (χ0n) is 16.7. The lowest BCUT2D eigenvalue weighted by molar-refractivity contribution is 0.0960. The first-order valence-corrected chi connectivity index (χ1v) is 9.97. The first-order valence-electron chi connectivity index (χ1n) is 9.97. The lowest BCUT2D eigenvalue weighted by Gasteiger charge is -2.22. The minimum absolute atomic E-state index is 0.0494. The number of ether oxygens (including phenoxy) is 1. The predicted octanol–water partition coefficient (Wildman–Crippen LogP) is 3.56. The molecule has 0 saturated carbocycles. The highest BCUT2D eigenvalue weighted by molar-refractivity contribution is 5.87. The van der Waals surface area contributed by atoms with E-state index in [1.807, 2.05) is 16.8 Å². The summed E-state index contributed by atoms with van der Waals surface area (Å²) in [4.78, 5) is 8.97. The van der Waals surface area contributed by atoms with Gasteiger partial charge in [-0.05, 0) is 23.1 Å². The maximum absolute atomic E-state index is 10.4. The Balaban J connectivity index is 1.63. The Morgan fingerprint density at radius 3 is 2.89 bits per heavy atom. The minimum Gasteiger partial charge on any atom is -0.391 e. The molecular weight excluding hydrogens is 352 g/mol. The maximum atomic E-state index is 10.4. The van der Waals surface area contributed by atoms with Gasteiger partial charge in [0.2, 0.25) is 0 Å². The SMILES string of the molecule is CC[C@@H](C)[C@@H](O)Cn1ccc2c(NC3c4ccccc4C[C@@H]3OC)ncnc21. The van der Waals surface area contributed by atoms with E-state index >= 15 is 0 Å². The molecule has 1 aromatic carbocycles. The molecule has 1 aliphatic carbocycles. The molecule has 4 rings (SSSR count). The van der Waals surface area contributed by atoms with Crippen molar-refractivity contribution in [3.05, 3.63) is 54.0 Å². The van der Waals surface area contributed by atoms with Crippen LogP contribution in [0.4, 0.5) is 5.82 Å². The zero-order valence-corrected chi connectivity index (χ0v) is 16.7. The van der Waals surface area contributed by atoms with Crippen LogP contribution >= 0.6 is 0 Å². The Morgan fingerprint density at radius 2 is 2.11 bits per heavy atom. The number of aliphatic hydroxyl groups excluding tert-OH is 1. The number of nitrogens with one attached hydrogen (secondary N) is 1. The van der Waals surface area contributed by atoms with E-state index in [0.717, 1.165) is 29.7 Å². The van der Waals surface area contributed by atoms with Gasteiger partial charge in [-0.1, -0.05) is 44.5 Å². The predicted molar refractivity (Wildman–Crippen MR) is 110 cm³/mol. The summed E-state index contributed by atoms with van der Waals surface area (Å²) in [6.07, 6.45) is 5.07. The van der Waals surface area contributed by atoms with Gasteiger partial charge < -0.3 is 19.7 Å². The van der Waals surface area contributed by atoms with Crippen LogP contribution in [0.5, 0.6) is 0 Å². The number of anilines is 1.